The van der Waals surface area contributed by atoms with E-state index >= 15 is 0 Å². The van der Waals surface area contributed by atoms with Gasteiger partial charge in [0.05, 0.1) is 16.7 Å². The first-order valence-electron chi connectivity index (χ1n) is 10.7. The Morgan fingerprint density at radius 1 is 1.28 bits per heavy atom. The number of benzene rings is 1. The molecule has 0 aliphatic carbocycles. The highest BCUT2D eigenvalue weighted by Gasteiger charge is 2.52. The van der Waals surface area contributed by atoms with E-state index in [4.69, 9.17) is 4.74 Å². The summed E-state index contributed by atoms with van der Waals surface area (Å²) in [6.45, 7) is 4.11. The summed E-state index contributed by atoms with van der Waals surface area (Å²) in [5.41, 5.74) is 1.16. The number of carbonyl (C=O) groups is 3. The third-order valence-electron chi connectivity index (χ3n) is 5.46. The molecule has 2 fully saturated rings. The molecular formula is C22H30N2O5S3. The minimum absolute atomic E-state index is 0.232. The van der Waals surface area contributed by atoms with Crippen molar-refractivity contribution in [3.05, 3.63) is 35.9 Å². The molecule has 2 N–H and O–H groups in total. The lowest BCUT2D eigenvalue weighted by atomic mass is 10.2. The third kappa shape index (κ3) is 6.36. The normalized spacial score (nSPS) is 21.4. The molecule has 32 heavy (non-hydrogen) atoms. The number of rotatable bonds is 10. The van der Waals surface area contributed by atoms with Crippen LogP contribution in [0.4, 0.5) is 0 Å². The summed E-state index contributed by atoms with van der Waals surface area (Å²) in [5.74, 6) is 1.46. The van der Waals surface area contributed by atoms with Crippen LogP contribution in [0.15, 0.2) is 30.3 Å². The largest absolute Gasteiger partial charge is 0.480 e. The Balaban J connectivity index is 1.63. The maximum atomic E-state index is 13.2. The topological polar surface area (TPSA) is 95.9 Å². The van der Waals surface area contributed by atoms with Crippen molar-refractivity contribution in [2.45, 2.75) is 48.2 Å². The summed E-state index contributed by atoms with van der Waals surface area (Å²) in [6.07, 6.45) is 0.449. The maximum absolute atomic E-state index is 13.2. The Kier molecular flexibility index (Phi) is 9.22. The number of carboxylic acids is 1. The van der Waals surface area contributed by atoms with E-state index in [-0.39, 0.29) is 16.6 Å². The highest BCUT2D eigenvalue weighted by atomic mass is 32.2. The van der Waals surface area contributed by atoms with Gasteiger partial charge in [-0.05, 0) is 19.4 Å². The minimum atomic E-state index is -0.976. The van der Waals surface area contributed by atoms with Crippen LogP contribution in [-0.4, -0.2) is 80.5 Å². The van der Waals surface area contributed by atoms with Crippen molar-refractivity contribution in [3.63, 3.8) is 0 Å². The fourth-order valence-corrected chi connectivity index (χ4v) is 8.19. The van der Waals surface area contributed by atoms with Gasteiger partial charge in [-0.3, -0.25) is 14.9 Å². The number of nitrogens with one attached hydrogen (secondary N) is 1. The molecule has 2 heterocycles. The Morgan fingerprint density at radius 3 is 2.59 bits per heavy atom. The van der Waals surface area contributed by atoms with E-state index in [1.54, 1.807) is 49.1 Å². The summed E-state index contributed by atoms with van der Waals surface area (Å²) in [5, 5.41) is 12.8. The number of ether oxygens (including phenoxy) is 1. The molecule has 1 spiro atoms. The van der Waals surface area contributed by atoms with Gasteiger partial charge in [0.1, 0.15) is 12.1 Å². The molecule has 1 aromatic rings. The molecule has 176 valence electrons. The van der Waals surface area contributed by atoms with Crippen molar-refractivity contribution in [2.24, 2.45) is 0 Å². The van der Waals surface area contributed by atoms with Crippen LogP contribution in [-0.2, 0) is 24.9 Å². The van der Waals surface area contributed by atoms with Gasteiger partial charge in [0.2, 0.25) is 5.91 Å². The summed E-state index contributed by atoms with van der Waals surface area (Å²) in [7, 11) is 0. The lowest BCUT2D eigenvalue weighted by Crippen LogP contribution is -2.54. The van der Waals surface area contributed by atoms with Crippen LogP contribution in [0, 0.1) is 0 Å². The van der Waals surface area contributed by atoms with Crippen LogP contribution >= 0.6 is 35.3 Å². The van der Waals surface area contributed by atoms with E-state index in [1.807, 2.05) is 30.3 Å². The van der Waals surface area contributed by atoms with E-state index in [2.05, 4.69) is 5.32 Å². The monoisotopic (exact) mass is 498 g/mol. The van der Waals surface area contributed by atoms with Crippen LogP contribution in [0.5, 0.6) is 0 Å². The fourth-order valence-electron chi connectivity index (χ4n) is 3.92. The summed E-state index contributed by atoms with van der Waals surface area (Å²) < 4.78 is 4.98. The second kappa shape index (κ2) is 11.7. The number of nitrogens with zero attached hydrogens (tertiary/aromatic N) is 1. The Bertz CT molecular complexity index is 804. The number of esters is 1. The van der Waals surface area contributed by atoms with E-state index in [0.29, 0.717) is 18.7 Å². The van der Waals surface area contributed by atoms with Gasteiger partial charge >= 0.3 is 11.9 Å². The van der Waals surface area contributed by atoms with Gasteiger partial charge in [-0.15, -0.1) is 23.5 Å². The molecule has 2 aliphatic rings. The van der Waals surface area contributed by atoms with E-state index in [1.165, 1.54) is 4.90 Å². The second-order valence-electron chi connectivity index (χ2n) is 7.83. The predicted molar refractivity (Wildman–Crippen MR) is 131 cm³/mol. The number of thioether (sulfide) groups is 3. The third-order valence-corrected chi connectivity index (χ3v) is 9.99. The van der Waals surface area contributed by atoms with E-state index < -0.39 is 30.1 Å². The first-order valence-corrected chi connectivity index (χ1v) is 13.8. The quantitative estimate of drug-likeness (QED) is 0.472. The van der Waals surface area contributed by atoms with Crippen molar-refractivity contribution >= 4 is 53.1 Å². The zero-order valence-electron chi connectivity index (χ0n) is 18.3. The van der Waals surface area contributed by atoms with Crippen LogP contribution in [0.25, 0.3) is 0 Å². The summed E-state index contributed by atoms with van der Waals surface area (Å²) in [4.78, 5) is 39.1. The second-order valence-corrected chi connectivity index (χ2v) is 12.1. The maximum Gasteiger partial charge on any atom is 0.326 e. The van der Waals surface area contributed by atoms with E-state index in [0.717, 1.165) is 22.8 Å². The first kappa shape index (κ1) is 25.3. The Morgan fingerprint density at radius 2 is 1.97 bits per heavy atom. The van der Waals surface area contributed by atoms with Crippen LogP contribution in [0.3, 0.4) is 0 Å². The lowest BCUT2D eigenvalue weighted by Gasteiger charge is -2.28. The zero-order chi connectivity index (χ0) is 23.1. The van der Waals surface area contributed by atoms with Gasteiger partial charge in [-0.1, -0.05) is 30.3 Å². The van der Waals surface area contributed by atoms with Crippen molar-refractivity contribution < 1.29 is 24.2 Å². The highest BCUT2D eigenvalue weighted by molar-refractivity contribution is 8.21. The van der Waals surface area contributed by atoms with E-state index in [9.17, 15) is 19.5 Å². The van der Waals surface area contributed by atoms with Crippen molar-refractivity contribution in [3.8, 4) is 0 Å². The molecule has 2 saturated heterocycles. The molecular weight excluding hydrogens is 468 g/mol. The smallest absolute Gasteiger partial charge is 0.326 e. The SMILES string of the molecule is CCOC(=O)C(CSCc1ccccc1)N[C@@H](C)C(=O)N1CC2(C[C@H]1C(=O)O)SCCS2. The molecule has 0 radical (unpaired) electrons. The number of carboxylic acid groups (broad SMARTS) is 1. The molecule has 1 aromatic carbocycles. The molecule has 10 heteroatoms. The standard InChI is InChI=1S/C22H30N2O5S3/c1-3-29-21(28)17(13-30-12-16-7-5-4-6-8-16)23-15(2)19(25)24-14-22(31-9-10-32-22)11-18(24)20(26)27/h4-8,15,17-18,23H,3,9-14H2,1-2H3,(H,26,27)/t15-,17?,18-/m0/s1. The van der Waals surface area contributed by atoms with Crippen LogP contribution in [0.1, 0.15) is 25.8 Å². The highest BCUT2D eigenvalue weighted by Crippen LogP contribution is 2.51. The zero-order valence-corrected chi connectivity index (χ0v) is 20.8. The molecule has 1 amide bonds. The molecule has 0 saturated carbocycles. The molecule has 3 rings (SSSR count). The van der Waals surface area contributed by atoms with Gasteiger partial charge in [0.15, 0.2) is 0 Å². The van der Waals surface area contributed by atoms with Gasteiger partial charge in [-0.2, -0.15) is 11.8 Å². The number of hydrogen-bond acceptors (Lipinski definition) is 8. The minimum Gasteiger partial charge on any atom is -0.480 e. The number of likely N-dealkylation sites (tertiary alicyclic amines) is 1. The summed E-state index contributed by atoms with van der Waals surface area (Å²) in [6, 6.07) is 7.77. The average molecular weight is 499 g/mol. The molecule has 7 nitrogen and oxygen atoms in total. The molecule has 2 aliphatic heterocycles. The van der Waals surface area contributed by atoms with Crippen molar-refractivity contribution in [2.75, 3.05) is 30.4 Å². The average Bonchev–Trinajstić information content (AvgIpc) is 3.40. The van der Waals surface area contributed by atoms with Gasteiger partial charge in [0, 0.05) is 36.0 Å². The number of aliphatic carboxylic acids is 1. The summed E-state index contributed by atoms with van der Waals surface area (Å²) >= 11 is 5.08. The number of hydrogen-bond donors (Lipinski definition) is 2. The fraction of sp³-hybridized carbons (Fsp3) is 0.591. The van der Waals surface area contributed by atoms with Gasteiger partial charge in [0.25, 0.3) is 0 Å². The first-order chi connectivity index (χ1) is 15.3. The predicted octanol–water partition coefficient (Wildman–Crippen LogP) is 2.69. The van der Waals surface area contributed by atoms with Crippen LogP contribution < -0.4 is 5.32 Å². The Labute approximate surface area is 201 Å². The molecule has 0 aromatic heterocycles. The lowest BCUT2D eigenvalue weighted by molar-refractivity contribution is -0.150. The van der Waals surface area contributed by atoms with Crippen LogP contribution in [0.2, 0.25) is 0 Å². The van der Waals surface area contributed by atoms with Gasteiger partial charge < -0.3 is 14.7 Å². The van der Waals surface area contributed by atoms with Crippen molar-refractivity contribution in [1.29, 1.82) is 0 Å². The molecule has 0 bridgehead atoms. The molecule has 3 atom stereocenters. The van der Waals surface area contributed by atoms with Gasteiger partial charge in [-0.25, -0.2) is 4.79 Å². The number of amides is 1. The Hall–Kier alpha value is -1.36. The molecule has 1 unspecified atom stereocenters. The van der Waals surface area contributed by atoms with Crippen molar-refractivity contribution in [1.82, 2.24) is 10.2 Å². The number of carbonyl (C=O) groups excluding carboxylic acids is 2.